The molecule has 3 aliphatic heterocycles. The van der Waals surface area contributed by atoms with Gasteiger partial charge >= 0.3 is 6.03 Å². The van der Waals surface area contributed by atoms with Crippen molar-refractivity contribution in [2.24, 2.45) is 0 Å². The molecule has 3 amide bonds. The van der Waals surface area contributed by atoms with Crippen molar-refractivity contribution in [2.45, 2.75) is 17.5 Å². The molecule has 1 atom stereocenters. The van der Waals surface area contributed by atoms with Gasteiger partial charge in [-0.1, -0.05) is 5.92 Å². The molecule has 3 aliphatic rings. The summed E-state index contributed by atoms with van der Waals surface area (Å²) in [5, 5.41) is 7.67. The number of amides is 3. The molecule has 0 saturated carbocycles. The number of nitrogens with zero attached hydrogens (tertiary/aromatic N) is 3. The van der Waals surface area contributed by atoms with Crippen LogP contribution in [0.4, 0.5) is 4.79 Å². The maximum absolute atomic E-state index is 13.4. The third-order valence-corrected chi connectivity index (χ3v) is 8.13. The van der Waals surface area contributed by atoms with Crippen LogP contribution in [-0.2, 0) is 19.6 Å². The first-order valence-corrected chi connectivity index (χ1v) is 12.5. The second-order valence-electron chi connectivity index (χ2n) is 8.34. The van der Waals surface area contributed by atoms with E-state index in [1.54, 1.807) is 18.2 Å². The number of urea groups is 1. The maximum atomic E-state index is 13.4. The Balaban J connectivity index is 1.37. The third-order valence-electron chi connectivity index (χ3n) is 6.35. The van der Waals surface area contributed by atoms with Gasteiger partial charge < -0.3 is 25.3 Å². The number of carbonyl (C=O) groups excluding carboxylic acids is 2. The van der Waals surface area contributed by atoms with Gasteiger partial charge in [-0.25, -0.2) is 18.2 Å². The monoisotopic (exact) mass is 499 g/mol. The lowest BCUT2D eigenvalue weighted by Crippen LogP contribution is -2.64. The van der Waals surface area contributed by atoms with Crippen LogP contribution in [0, 0.1) is 12.3 Å². The van der Waals surface area contributed by atoms with E-state index in [2.05, 4.69) is 27.0 Å². The minimum absolute atomic E-state index is 0.000139. The van der Waals surface area contributed by atoms with E-state index < -0.39 is 28.0 Å². The van der Waals surface area contributed by atoms with Crippen LogP contribution in [-0.4, -0.2) is 85.6 Å². The number of sulfonamides is 1. The van der Waals surface area contributed by atoms with E-state index in [-0.39, 0.29) is 24.7 Å². The summed E-state index contributed by atoms with van der Waals surface area (Å²) in [6, 6.07) is 5.27. The summed E-state index contributed by atoms with van der Waals surface area (Å²) < 4.78 is 33.5. The molecule has 4 N–H and O–H groups in total. The number of likely N-dealkylation sites (N-methyl/N-ethyl adjacent to an activating group) is 1. The zero-order valence-electron chi connectivity index (χ0n) is 19.0. The number of aromatic amines is 1. The maximum Gasteiger partial charge on any atom is 0.339 e. The summed E-state index contributed by atoms with van der Waals surface area (Å²) in [6.45, 7) is 0.600. The second kappa shape index (κ2) is 8.71. The van der Waals surface area contributed by atoms with Gasteiger partial charge in [-0.3, -0.25) is 10.2 Å². The zero-order chi connectivity index (χ0) is 24.7. The number of terminal acetylenes is 1. The zero-order valence-corrected chi connectivity index (χ0v) is 19.8. The number of benzene rings is 1. The summed E-state index contributed by atoms with van der Waals surface area (Å²) >= 11 is 0. The van der Waals surface area contributed by atoms with Crippen LogP contribution in [0.25, 0.3) is 10.9 Å². The second-order valence-corrected chi connectivity index (χ2v) is 10.2. The fourth-order valence-corrected chi connectivity index (χ4v) is 5.89. The number of nitrogens with one attached hydrogen (secondary N) is 4. The van der Waals surface area contributed by atoms with Gasteiger partial charge in [0, 0.05) is 56.1 Å². The van der Waals surface area contributed by atoms with Crippen molar-refractivity contribution in [2.75, 3.05) is 40.0 Å². The van der Waals surface area contributed by atoms with Crippen molar-refractivity contribution in [3.63, 3.8) is 0 Å². The van der Waals surface area contributed by atoms with Crippen molar-refractivity contribution in [1.29, 1.82) is 0 Å². The fourth-order valence-electron chi connectivity index (χ4n) is 4.44. The van der Waals surface area contributed by atoms with Gasteiger partial charge in [0.1, 0.15) is 11.1 Å². The van der Waals surface area contributed by atoms with Crippen LogP contribution in [0.5, 0.6) is 0 Å². The molecular weight excluding hydrogens is 474 g/mol. The quantitative estimate of drug-likeness (QED) is 0.423. The van der Waals surface area contributed by atoms with Crippen molar-refractivity contribution in [3.05, 3.63) is 41.4 Å². The molecule has 0 aliphatic carbocycles. The Morgan fingerprint density at radius 1 is 1.23 bits per heavy atom. The molecule has 5 rings (SSSR count). The first-order chi connectivity index (χ1) is 16.8. The lowest BCUT2D eigenvalue weighted by molar-refractivity contribution is -0.126. The highest BCUT2D eigenvalue weighted by atomic mass is 32.2. The number of aromatic nitrogens is 1. The topological polar surface area (TPSA) is 139 Å². The number of hydrogen-bond acceptors (Lipinski definition) is 7. The van der Waals surface area contributed by atoms with Gasteiger partial charge in [-0.05, 0) is 24.3 Å². The average Bonchev–Trinajstić information content (AvgIpc) is 3.53. The lowest BCUT2D eigenvalue weighted by Gasteiger charge is -2.42. The Kier molecular flexibility index (Phi) is 5.70. The molecule has 0 spiro atoms. The van der Waals surface area contributed by atoms with Crippen LogP contribution in [0.2, 0.25) is 0 Å². The van der Waals surface area contributed by atoms with Gasteiger partial charge in [0.2, 0.25) is 11.8 Å². The molecular formula is C22H25N7O5S. The minimum Gasteiger partial charge on any atom is -0.456 e. The SMILES string of the molecule is C#Cc1ccc2[nH]c(S(=O)(=O)N3CCN(C(=O)N4CCC5=C(N4)OCN5)C(C(=O)NC)C3)cc2c1. The van der Waals surface area contributed by atoms with Crippen molar-refractivity contribution in [1.82, 2.24) is 35.3 Å². The summed E-state index contributed by atoms with van der Waals surface area (Å²) in [5.41, 5.74) is 5.10. The van der Waals surface area contributed by atoms with Crippen molar-refractivity contribution >= 4 is 32.9 Å². The molecule has 12 nitrogen and oxygen atoms in total. The van der Waals surface area contributed by atoms with E-state index in [4.69, 9.17) is 11.2 Å². The van der Waals surface area contributed by atoms with Crippen LogP contribution >= 0.6 is 0 Å². The number of ether oxygens (including phenoxy) is 1. The van der Waals surface area contributed by atoms with E-state index >= 15 is 0 Å². The Hall–Kier alpha value is -3.89. The van der Waals surface area contributed by atoms with Crippen LogP contribution < -0.4 is 16.1 Å². The van der Waals surface area contributed by atoms with Gasteiger partial charge in [-0.2, -0.15) is 4.31 Å². The van der Waals surface area contributed by atoms with E-state index in [0.29, 0.717) is 42.0 Å². The van der Waals surface area contributed by atoms with Crippen LogP contribution in [0.3, 0.4) is 0 Å². The molecule has 1 saturated heterocycles. The number of rotatable bonds is 3. The number of fused-ring (bicyclic) bond motifs is 1. The molecule has 1 aromatic heterocycles. The van der Waals surface area contributed by atoms with Gasteiger partial charge in [0.05, 0.1) is 5.70 Å². The summed E-state index contributed by atoms with van der Waals surface area (Å²) in [7, 11) is -2.51. The van der Waals surface area contributed by atoms with Gasteiger partial charge in [0.25, 0.3) is 10.0 Å². The molecule has 1 unspecified atom stereocenters. The van der Waals surface area contributed by atoms with E-state index in [0.717, 1.165) is 5.70 Å². The van der Waals surface area contributed by atoms with E-state index in [1.165, 1.54) is 27.3 Å². The first kappa shape index (κ1) is 22.9. The fraction of sp³-hybridized carbons (Fsp3) is 0.364. The number of piperazine rings is 1. The Morgan fingerprint density at radius 3 is 2.83 bits per heavy atom. The normalized spacial score (nSPS) is 20.5. The molecule has 2 aromatic rings. The summed E-state index contributed by atoms with van der Waals surface area (Å²) in [4.78, 5) is 30.3. The van der Waals surface area contributed by atoms with Crippen molar-refractivity contribution in [3.8, 4) is 12.3 Å². The molecule has 184 valence electrons. The Morgan fingerprint density at radius 2 is 2.06 bits per heavy atom. The highest BCUT2D eigenvalue weighted by Crippen LogP contribution is 2.26. The smallest absolute Gasteiger partial charge is 0.339 e. The number of hydrazine groups is 1. The predicted molar refractivity (Wildman–Crippen MR) is 126 cm³/mol. The predicted octanol–water partition coefficient (Wildman–Crippen LogP) is -0.353. The molecule has 0 bridgehead atoms. The Labute approximate surface area is 202 Å². The van der Waals surface area contributed by atoms with Gasteiger partial charge in [-0.15, -0.1) is 6.42 Å². The van der Waals surface area contributed by atoms with E-state index in [9.17, 15) is 18.0 Å². The van der Waals surface area contributed by atoms with Crippen molar-refractivity contribution < 1.29 is 22.7 Å². The molecule has 35 heavy (non-hydrogen) atoms. The number of H-pyrrole nitrogens is 1. The van der Waals surface area contributed by atoms with Crippen LogP contribution in [0.15, 0.2) is 40.9 Å². The standard InChI is InChI=1S/C22H25N7O5S/c1-3-14-4-5-16-15(10-14)11-19(25-16)35(32,33)27-8-9-28(18(12-27)20(30)23-2)22(31)29-7-6-17-21(26-29)34-13-24-17/h1,4-5,10-11,18,24-26H,6-9,12-13H2,2H3,(H,23,30). The molecule has 1 fully saturated rings. The third kappa shape index (κ3) is 4.00. The summed E-state index contributed by atoms with van der Waals surface area (Å²) in [6.07, 6.45) is 6.02. The highest BCUT2D eigenvalue weighted by Gasteiger charge is 2.42. The Bertz CT molecular complexity index is 1380. The molecule has 1 aromatic carbocycles. The number of carbonyl (C=O) groups is 2. The average molecular weight is 500 g/mol. The van der Waals surface area contributed by atoms with E-state index in [1.807, 2.05) is 0 Å². The minimum atomic E-state index is -3.96. The molecule has 13 heteroatoms. The van der Waals surface area contributed by atoms with Gasteiger partial charge in [0.15, 0.2) is 6.73 Å². The number of hydrogen-bond donors (Lipinski definition) is 4. The first-order valence-electron chi connectivity index (χ1n) is 11.1. The molecule has 0 radical (unpaired) electrons. The molecule has 4 heterocycles. The lowest BCUT2D eigenvalue weighted by atomic mass is 10.2. The largest absolute Gasteiger partial charge is 0.456 e. The highest BCUT2D eigenvalue weighted by molar-refractivity contribution is 7.89. The van der Waals surface area contributed by atoms with Crippen LogP contribution in [0.1, 0.15) is 12.0 Å². The summed E-state index contributed by atoms with van der Waals surface area (Å²) in [5.74, 6) is 2.56.